The van der Waals surface area contributed by atoms with Crippen LogP contribution in [-0.2, 0) is 16.0 Å². The summed E-state index contributed by atoms with van der Waals surface area (Å²) in [7, 11) is 0. The third-order valence-electron chi connectivity index (χ3n) is 6.21. The number of anilines is 2. The number of hydrogen-bond donors (Lipinski definition) is 1. The van der Waals surface area contributed by atoms with E-state index in [1.165, 1.54) is 23.6 Å². The Hall–Kier alpha value is -3.27. The lowest BCUT2D eigenvalue weighted by atomic mass is 10.1. The number of thiazole rings is 1. The number of rotatable bonds is 6. The Labute approximate surface area is 220 Å². The highest BCUT2D eigenvalue weighted by Crippen LogP contribution is 2.30. The highest BCUT2D eigenvalue weighted by atomic mass is 32.1. The summed E-state index contributed by atoms with van der Waals surface area (Å²) in [4.78, 5) is 38.0. The molecule has 0 aliphatic carbocycles. The molecule has 1 atom stereocenters. The summed E-state index contributed by atoms with van der Waals surface area (Å²) in [6.07, 6.45) is 2.62. The van der Waals surface area contributed by atoms with E-state index in [1.54, 1.807) is 0 Å². The zero-order valence-electron chi connectivity index (χ0n) is 22.0. The molecule has 1 saturated heterocycles. The number of carbonyl (C=O) groups is 2. The number of nitrogens with zero attached hydrogens (tertiary/aromatic N) is 4. The number of hydrogen-bond acceptors (Lipinski definition) is 7. The van der Waals surface area contributed by atoms with Gasteiger partial charge in [-0.15, -0.1) is 0 Å². The zero-order valence-corrected chi connectivity index (χ0v) is 22.8. The minimum Gasteiger partial charge on any atom is -0.444 e. The van der Waals surface area contributed by atoms with Gasteiger partial charge in [0.15, 0.2) is 5.13 Å². The number of fused-ring (bicyclic) bond motifs is 1. The number of pyridine rings is 1. The standard InChI is InChI=1S/C27H34FN5O3S/c1-17-14-20(28)15-29-24(17)32-12-13-33(18(2)16-32)22(34)11-7-9-19-8-6-10-21-23(19)37-25(30-21)31-26(35)36-27(3,4)5/h6,8,10,14-15,18H,7,9,11-13,16H2,1-5H3,(H,30,31,35)/t18-/m0/s1. The van der Waals surface area contributed by atoms with E-state index < -0.39 is 11.7 Å². The molecule has 37 heavy (non-hydrogen) atoms. The van der Waals surface area contributed by atoms with Crippen molar-refractivity contribution in [1.29, 1.82) is 0 Å². The van der Waals surface area contributed by atoms with Crippen molar-refractivity contribution in [2.75, 3.05) is 29.9 Å². The van der Waals surface area contributed by atoms with Crippen molar-refractivity contribution in [3.8, 4) is 0 Å². The molecule has 2 amide bonds. The fraction of sp³-hybridized carbons (Fsp3) is 0.481. The number of benzene rings is 1. The average Bonchev–Trinajstić information content (AvgIpc) is 3.20. The van der Waals surface area contributed by atoms with Gasteiger partial charge in [0, 0.05) is 32.1 Å². The van der Waals surface area contributed by atoms with Crippen LogP contribution in [0.3, 0.4) is 0 Å². The van der Waals surface area contributed by atoms with Gasteiger partial charge in [0.2, 0.25) is 5.91 Å². The Balaban J connectivity index is 1.32. The van der Waals surface area contributed by atoms with Crippen molar-refractivity contribution in [3.05, 3.63) is 47.4 Å². The Bertz CT molecular complexity index is 1290. The molecule has 8 nitrogen and oxygen atoms in total. The first-order valence-electron chi connectivity index (χ1n) is 12.5. The molecular weight excluding hydrogens is 493 g/mol. The molecule has 3 aromatic rings. The van der Waals surface area contributed by atoms with E-state index in [0.29, 0.717) is 31.2 Å². The van der Waals surface area contributed by atoms with E-state index in [2.05, 4.69) is 20.2 Å². The van der Waals surface area contributed by atoms with Crippen LogP contribution in [0, 0.1) is 12.7 Å². The lowest BCUT2D eigenvalue weighted by molar-refractivity contribution is -0.133. The molecule has 0 spiro atoms. The second-order valence-electron chi connectivity index (χ2n) is 10.4. The number of ether oxygens (including phenoxy) is 1. The fourth-order valence-electron chi connectivity index (χ4n) is 4.61. The molecule has 0 bridgehead atoms. The van der Waals surface area contributed by atoms with Crippen molar-refractivity contribution >= 4 is 44.5 Å². The zero-order chi connectivity index (χ0) is 26.7. The largest absolute Gasteiger partial charge is 0.444 e. The van der Waals surface area contributed by atoms with Crippen molar-refractivity contribution in [3.63, 3.8) is 0 Å². The maximum Gasteiger partial charge on any atom is 0.413 e. The molecule has 1 N–H and O–H groups in total. The highest BCUT2D eigenvalue weighted by Gasteiger charge is 2.28. The summed E-state index contributed by atoms with van der Waals surface area (Å²) < 4.78 is 19.8. The number of nitrogens with one attached hydrogen (secondary N) is 1. The molecule has 1 aliphatic rings. The molecule has 1 aromatic carbocycles. The molecule has 2 aromatic heterocycles. The van der Waals surface area contributed by atoms with Crippen molar-refractivity contribution in [1.82, 2.24) is 14.9 Å². The third kappa shape index (κ3) is 6.74. The van der Waals surface area contributed by atoms with Crippen molar-refractivity contribution in [2.45, 2.75) is 65.5 Å². The van der Waals surface area contributed by atoms with Crippen LogP contribution in [0.5, 0.6) is 0 Å². The molecule has 1 fully saturated rings. The lowest BCUT2D eigenvalue weighted by Crippen LogP contribution is -2.54. The second kappa shape index (κ2) is 11.0. The quantitative estimate of drug-likeness (QED) is 0.453. The van der Waals surface area contributed by atoms with Gasteiger partial charge in [-0.1, -0.05) is 23.5 Å². The predicted octanol–water partition coefficient (Wildman–Crippen LogP) is 5.55. The topological polar surface area (TPSA) is 87.7 Å². The lowest BCUT2D eigenvalue weighted by Gasteiger charge is -2.41. The number of halogens is 1. The Morgan fingerprint density at radius 2 is 2.05 bits per heavy atom. The van der Waals surface area contributed by atoms with E-state index in [0.717, 1.165) is 40.0 Å². The highest BCUT2D eigenvalue weighted by molar-refractivity contribution is 7.22. The second-order valence-corrected chi connectivity index (χ2v) is 11.4. The van der Waals surface area contributed by atoms with Gasteiger partial charge in [0.25, 0.3) is 0 Å². The molecule has 0 unspecified atom stereocenters. The SMILES string of the molecule is Cc1cc(F)cnc1N1CCN(C(=O)CCCc2cccc3nc(NC(=O)OC(C)(C)C)sc23)[C@@H](C)C1. The number of aryl methyl sites for hydroxylation is 2. The first kappa shape index (κ1) is 26.8. The molecule has 0 saturated carbocycles. The fourth-order valence-corrected chi connectivity index (χ4v) is 5.60. The summed E-state index contributed by atoms with van der Waals surface area (Å²) in [5.74, 6) is 0.575. The van der Waals surface area contributed by atoms with Gasteiger partial charge in [0.1, 0.15) is 17.2 Å². The molecule has 3 heterocycles. The van der Waals surface area contributed by atoms with Gasteiger partial charge in [-0.2, -0.15) is 0 Å². The third-order valence-corrected chi connectivity index (χ3v) is 7.27. The van der Waals surface area contributed by atoms with Gasteiger partial charge in [-0.25, -0.2) is 19.2 Å². The summed E-state index contributed by atoms with van der Waals surface area (Å²) in [6, 6.07) is 7.44. The molecular formula is C27H34FN5O3S. The van der Waals surface area contributed by atoms with Crippen LogP contribution in [0.1, 0.15) is 51.7 Å². The van der Waals surface area contributed by atoms with E-state index in [9.17, 15) is 14.0 Å². The van der Waals surface area contributed by atoms with Crippen molar-refractivity contribution in [2.24, 2.45) is 0 Å². The summed E-state index contributed by atoms with van der Waals surface area (Å²) in [6.45, 7) is 11.3. The van der Waals surface area contributed by atoms with Crippen LogP contribution in [0.25, 0.3) is 10.2 Å². The average molecular weight is 528 g/mol. The van der Waals surface area contributed by atoms with Crippen LogP contribution in [0.2, 0.25) is 0 Å². The molecule has 10 heteroatoms. The van der Waals surface area contributed by atoms with Crippen molar-refractivity contribution < 1.29 is 18.7 Å². The Morgan fingerprint density at radius 1 is 1.27 bits per heavy atom. The van der Waals surface area contributed by atoms with Crippen LogP contribution < -0.4 is 10.2 Å². The number of amides is 2. The smallest absolute Gasteiger partial charge is 0.413 e. The summed E-state index contributed by atoms with van der Waals surface area (Å²) in [5, 5.41) is 3.21. The first-order chi connectivity index (χ1) is 17.5. The number of piperazine rings is 1. The minimum absolute atomic E-state index is 0.0407. The maximum atomic E-state index is 13.4. The molecule has 4 rings (SSSR count). The predicted molar refractivity (Wildman–Crippen MR) is 145 cm³/mol. The monoisotopic (exact) mass is 527 g/mol. The van der Waals surface area contributed by atoms with E-state index in [-0.39, 0.29) is 17.8 Å². The van der Waals surface area contributed by atoms with Crippen LogP contribution in [0.4, 0.5) is 20.1 Å². The van der Waals surface area contributed by atoms with E-state index in [4.69, 9.17) is 4.74 Å². The molecule has 0 radical (unpaired) electrons. The first-order valence-corrected chi connectivity index (χ1v) is 13.4. The molecule has 1 aliphatic heterocycles. The van der Waals surface area contributed by atoms with Gasteiger partial charge in [-0.3, -0.25) is 10.1 Å². The van der Waals surface area contributed by atoms with Gasteiger partial charge < -0.3 is 14.5 Å². The van der Waals surface area contributed by atoms with Gasteiger partial charge in [0.05, 0.1) is 16.4 Å². The molecule has 198 valence electrons. The number of aromatic nitrogens is 2. The van der Waals surface area contributed by atoms with Crippen LogP contribution >= 0.6 is 11.3 Å². The van der Waals surface area contributed by atoms with Gasteiger partial charge in [-0.05, 0) is 70.7 Å². The summed E-state index contributed by atoms with van der Waals surface area (Å²) >= 11 is 1.41. The van der Waals surface area contributed by atoms with Crippen LogP contribution in [-0.4, -0.2) is 58.1 Å². The summed E-state index contributed by atoms with van der Waals surface area (Å²) in [5.41, 5.74) is 2.14. The minimum atomic E-state index is -0.584. The van der Waals surface area contributed by atoms with E-state index >= 15 is 0 Å². The normalized spacial score (nSPS) is 16.2. The van der Waals surface area contributed by atoms with Gasteiger partial charge >= 0.3 is 6.09 Å². The number of carbonyl (C=O) groups excluding carboxylic acids is 2. The Kier molecular flexibility index (Phi) is 7.96. The Morgan fingerprint density at radius 3 is 2.76 bits per heavy atom. The van der Waals surface area contributed by atoms with E-state index in [1.807, 2.05) is 57.7 Å². The van der Waals surface area contributed by atoms with Crippen LogP contribution in [0.15, 0.2) is 30.5 Å². The maximum absolute atomic E-state index is 13.4.